The Kier molecular flexibility index (Phi) is 7.89. The number of carbonyl (C=O) groups excluding carboxylic acids is 1. The summed E-state index contributed by atoms with van der Waals surface area (Å²) in [6, 6.07) is 14.7. The lowest BCUT2D eigenvalue weighted by Crippen LogP contribution is -2.23. The smallest absolute Gasteiger partial charge is 0.307 e. The number of hydrogen-bond donors (Lipinski definition) is 4. The second kappa shape index (κ2) is 10.6. The van der Waals surface area contributed by atoms with Gasteiger partial charge in [-0.05, 0) is 78.9 Å². The number of phenols is 1. The second-order valence-corrected chi connectivity index (χ2v) is 8.61. The summed E-state index contributed by atoms with van der Waals surface area (Å²) in [5.74, 6) is -0.930. The van der Waals surface area contributed by atoms with E-state index in [0.29, 0.717) is 26.0 Å². The topological polar surface area (TPSA) is 116 Å². The molecule has 3 aromatic rings. The van der Waals surface area contributed by atoms with E-state index in [9.17, 15) is 19.8 Å². The minimum Gasteiger partial charge on any atom is -0.507 e. The number of rotatable bonds is 8. The van der Waals surface area contributed by atoms with Crippen molar-refractivity contribution in [3.63, 3.8) is 0 Å². The lowest BCUT2D eigenvalue weighted by Gasteiger charge is -2.13. The molecule has 3 rings (SSSR count). The van der Waals surface area contributed by atoms with Gasteiger partial charge in [0.2, 0.25) is 0 Å². The number of aliphatic hydroxyl groups is 1. The van der Waals surface area contributed by atoms with Crippen LogP contribution in [0.5, 0.6) is 17.2 Å². The maximum Gasteiger partial charge on any atom is 0.307 e. The molecule has 0 saturated carbocycles. The lowest BCUT2D eigenvalue weighted by atomic mass is 10.1. The van der Waals surface area contributed by atoms with Gasteiger partial charge < -0.3 is 25.4 Å². The summed E-state index contributed by atoms with van der Waals surface area (Å²) in [5.41, 5.74) is 2.17. The fraction of sp³-hybridized carbons (Fsp3) is 0.130. The minimum atomic E-state index is -0.949. The first-order chi connectivity index (χ1) is 15.3. The molecule has 0 aliphatic carbocycles. The number of hydrogen-bond acceptors (Lipinski definition) is 5. The minimum absolute atomic E-state index is 0.0376. The number of aliphatic hydroxyl groups excluding tert-OH is 1. The van der Waals surface area contributed by atoms with Gasteiger partial charge in [-0.2, -0.15) is 0 Å². The van der Waals surface area contributed by atoms with Gasteiger partial charge in [-0.1, -0.05) is 24.3 Å². The molecule has 0 spiro atoms. The monoisotopic (exact) mass is 563 g/mol. The van der Waals surface area contributed by atoms with Crippen LogP contribution in [0, 0.1) is 0 Å². The first-order valence-electron chi connectivity index (χ1n) is 9.44. The zero-order valence-electron chi connectivity index (χ0n) is 16.6. The quantitative estimate of drug-likeness (QED) is 0.313. The maximum absolute atomic E-state index is 12.6. The van der Waals surface area contributed by atoms with Gasteiger partial charge in [0.25, 0.3) is 5.91 Å². The van der Waals surface area contributed by atoms with Crippen LogP contribution >= 0.6 is 31.9 Å². The zero-order chi connectivity index (χ0) is 23.3. The molecule has 0 unspecified atom stereocenters. The molecule has 32 heavy (non-hydrogen) atoms. The second-order valence-electron chi connectivity index (χ2n) is 6.90. The predicted molar refractivity (Wildman–Crippen MR) is 125 cm³/mol. The van der Waals surface area contributed by atoms with Crippen molar-refractivity contribution in [3.05, 3.63) is 85.8 Å². The maximum atomic E-state index is 12.6. The van der Waals surface area contributed by atoms with Crippen molar-refractivity contribution in [1.29, 1.82) is 0 Å². The van der Waals surface area contributed by atoms with Gasteiger partial charge in [0.15, 0.2) is 5.75 Å². The molecular formula is C23H19Br2NO6. The third-order valence-corrected chi connectivity index (χ3v) is 5.65. The van der Waals surface area contributed by atoms with Crippen LogP contribution in [0.4, 0.5) is 0 Å². The van der Waals surface area contributed by atoms with Gasteiger partial charge in [0, 0.05) is 6.54 Å². The summed E-state index contributed by atoms with van der Waals surface area (Å²) >= 11 is 6.75. The van der Waals surface area contributed by atoms with Crippen LogP contribution in [0.1, 0.15) is 27.0 Å². The van der Waals surface area contributed by atoms with Gasteiger partial charge in [-0.25, -0.2) is 0 Å². The highest BCUT2D eigenvalue weighted by Gasteiger charge is 2.16. The largest absolute Gasteiger partial charge is 0.507 e. The van der Waals surface area contributed by atoms with Crippen LogP contribution in [0.25, 0.3) is 0 Å². The Morgan fingerprint density at radius 1 is 0.938 bits per heavy atom. The third-order valence-electron chi connectivity index (χ3n) is 4.47. The standard InChI is InChI=1S/C23H19Br2NO6/c24-18-7-15(9-21(29)30)8-19(25)22(18)32-16-4-5-20(28)17(10-16)23(31)26-11-13-2-1-3-14(6-13)12-27/h1-8,10,27-28H,9,11-12H2,(H,26,31)(H,29,30). The molecule has 4 N–H and O–H groups in total. The fourth-order valence-electron chi connectivity index (χ4n) is 2.98. The van der Waals surface area contributed by atoms with E-state index in [1.54, 1.807) is 30.3 Å². The number of carbonyl (C=O) groups is 2. The number of halogens is 2. The van der Waals surface area contributed by atoms with Gasteiger partial charge in [-0.3, -0.25) is 9.59 Å². The number of benzene rings is 3. The van der Waals surface area contributed by atoms with E-state index in [0.717, 1.165) is 11.1 Å². The van der Waals surface area contributed by atoms with Crippen molar-refractivity contribution in [2.75, 3.05) is 0 Å². The van der Waals surface area contributed by atoms with E-state index < -0.39 is 11.9 Å². The molecule has 1 amide bonds. The molecule has 0 radical (unpaired) electrons. The summed E-state index contributed by atoms with van der Waals surface area (Å²) in [6.45, 7) is 0.129. The molecule has 0 atom stereocenters. The summed E-state index contributed by atoms with van der Waals surface area (Å²) in [5, 5.41) is 31.1. The van der Waals surface area contributed by atoms with E-state index >= 15 is 0 Å². The molecular weight excluding hydrogens is 546 g/mol. The van der Waals surface area contributed by atoms with E-state index in [-0.39, 0.29) is 30.9 Å². The fourth-order valence-corrected chi connectivity index (χ4v) is 4.42. The van der Waals surface area contributed by atoms with Crippen molar-refractivity contribution >= 4 is 43.7 Å². The molecule has 0 saturated heterocycles. The molecule has 7 nitrogen and oxygen atoms in total. The Morgan fingerprint density at radius 3 is 2.28 bits per heavy atom. The molecule has 0 aliphatic heterocycles. The van der Waals surface area contributed by atoms with Crippen LogP contribution in [-0.4, -0.2) is 27.2 Å². The van der Waals surface area contributed by atoms with E-state index in [4.69, 9.17) is 9.84 Å². The summed E-state index contributed by atoms with van der Waals surface area (Å²) < 4.78 is 6.95. The van der Waals surface area contributed by atoms with Crippen LogP contribution in [0.2, 0.25) is 0 Å². The van der Waals surface area contributed by atoms with E-state index in [2.05, 4.69) is 37.2 Å². The van der Waals surface area contributed by atoms with E-state index in [1.165, 1.54) is 18.2 Å². The molecule has 0 aliphatic rings. The molecule has 0 fully saturated rings. The van der Waals surface area contributed by atoms with Crippen molar-refractivity contribution in [2.45, 2.75) is 19.6 Å². The van der Waals surface area contributed by atoms with Gasteiger partial charge in [0.1, 0.15) is 11.5 Å². The highest BCUT2D eigenvalue weighted by molar-refractivity contribution is 9.11. The van der Waals surface area contributed by atoms with Crippen LogP contribution in [-0.2, 0) is 24.4 Å². The van der Waals surface area contributed by atoms with E-state index in [1.807, 2.05) is 6.07 Å². The lowest BCUT2D eigenvalue weighted by molar-refractivity contribution is -0.136. The number of carboxylic acid groups (broad SMARTS) is 1. The average Bonchev–Trinajstić information content (AvgIpc) is 2.75. The zero-order valence-corrected chi connectivity index (χ0v) is 19.8. The SMILES string of the molecule is O=C(O)Cc1cc(Br)c(Oc2ccc(O)c(C(=O)NCc3cccc(CO)c3)c2)c(Br)c1. The van der Waals surface area contributed by atoms with Crippen molar-refractivity contribution in [2.24, 2.45) is 0 Å². The van der Waals surface area contributed by atoms with Gasteiger partial charge in [-0.15, -0.1) is 0 Å². The van der Waals surface area contributed by atoms with Crippen LogP contribution in [0.3, 0.4) is 0 Å². The number of nitrogens with one attached hydrogen (secondary N) is 1. The first-order valence-corrected chi connectivity index (χ1v) is 11.0. The number of aromatic hydroxyl groups is 1. The Bertz CT molecular complexity index is 1140. The van der Waals surface area contributed by atoms with Crippen LogP contribution < -0.4 is 10.1 Å². The Labute approximate surface area is 200 Å². The number of phenolic OH excluding ortho intramolecular Hbond substituents is 1. The molecule has 166 valence electrons. The normalized spacial score (nSPS) is 10.6. The van der Waals surface area contributed by atoms with Crippen molar-refractivity contribution in [1.82, 2.24) is 5.32 Å². The Balaban J connectivity index is 1.77. The van der Waals surface area contributed by atoms with Crippen molar-refractivity contribution < 1.29 is 29.6 Å². The first kappa shape index (κ1) is 23.8. The summed E-state index contributed by atoms with van der Waals surface area (Å²) in [7, 11) is 0. The molecule has 0 bridgehead atoms. The van der Waals surface area contributed by atoms with Gasteiger partial charge in [0.05, 0.1) is 27.5 Å². The number of ether oxygens (including phenoxy) is 1. The molecule has 3 aromatic carbocycles. The Hall–Kier alpha value is -2.88. The Morgan fingerprint density at radius 2 is 1.62 bits per heavy atom. The molecule has 0 heterocycles. The summed E-state index contributed by atoms with van der Waals surface area (Å²) in [4.78, 5) is 23.6. The summed E-state index contributed by atoms with van der Waals surface area (Å²) in [6.07, 6.45) is -0.137. The third kappa shape index (κ3) is 6.09. The molecule has 0 aromatic heterocycles. The van der Waals surface area contributed by atoms with Gasteiger partial charge >= 0.3 is 5.97 Å². The number of amides is 1. The highest BCUT2D eigenvalue weighted by atomic mass is 79.9. The van der Waals surface area contributed by atoms with Crippen LogP contribution in [0.15, 0.2) is 63.5 Å². The number of aliphatic carboxylic acids is 1. The molecule has 9 heteroatoms. The number of carboxylic acids is 1. The highest BCUT2D eigenvalue weighted by Crippen LogP contribution is 2.38. The average molecular weight is 565 g/mol. The van der Waals surface area contributed by atoms with Crippen molar-refractivity contribution in [3.8, 4) is 17.2 Å². The predicted octanol–water partition coefficient (Wildman–Crippen LogP) is 4.76.